The fourth-order valence-electron chi connectivity index (χ4n) is 4.42. The number of Topliss-reactive ketones (excluding diaryl/α,β-unsaturated/α-hetero) is 1. The lowest BCUT2D eigenvalue weighted by Gasteiger charge is -2.21. The lowest BCUT2D eigenvalue weighted by atomic mass is 9.88. The minimum Gasteiger partial charge on any atom is -0.349 e. The number of hydrogen-bond donors (Lipinski definition) is 1. The van der Waals surface area contributed by atoms with E-state index in [0.29, 0.717) is 24.7 Å². The van der Waals surface area contributed by atoms with Crippen LogP contribution in [0.1, 0.15) is 143 Å². The van der Waals surface area contributed by atoms with Crippen molar-refractivity contribution in [3.8, 4) is 0 Å². The largest absolute Gasteiger partial charge is 0.349 e. The Hall–Kier alpha value is -1.12. The molecule has 0 fully saturated rings. The van der Waals surface area contributed by atoms with Crippen molar-refractivity contribution in [2.75, 3.05) is 0 Å². The molecule has 1 N–H and O–H groups in total. The van der Waals surface area contributed by atoms with Gasteiger partial charge in [0.25, 0.3) is 0 Å². The Morgan fingerprint density at radius 1 is 0.781 bits per heavy atom. The normalized spacial score (nSPS) is 13.5. The van der Waals surface area contributed by atoms with Crippen molar-refractivity contribution >= 4 is 12.2 Å². The minimum atomic E-state index is -0.323. The third-order valence-corrected chi connectivity index (χ3v) is 6.43. The van der Waals surface area contributed by atoms with Crippen molar-refractivity contribution < 1.29 is 9.59 Å². The van der Waals surface area contributed by atoms with Crippen LogP contribution in [0, 0.1) is 11.8 Å². The molecule has 1 amide bonds. The molecular weight excluding hydrogens is 394 g/mol. The Morgan fingerprint density at radius 2 is 1.34 bits per heavy atom. The lowest BCUT2D eigenvalue weighted by molar-refractivity contribution is -0.124. The van der Waals surface area contributed by atoms with E-state index in [4.69, 9.17) is 0 Å². The number of carbonyl (C=O) groups excluding carboxylic acids is 2. The number of carbonyl (C=O) groups is 2. The second-order valence-corrected chi connectivity index (χ2v) is 10.2. The molecule has 0 saturated carbocycles. The van der Waals surface area contributed by atoms with Crippen molar-refractivity contribution in [2.45, 2.75) is 149 Å². The Balaban J connectivity index is 4.47. The Morgan fingerprint density at radius 3 is 1.91 bits per heavy atom. The smallest absolute Gasteiger partial charge is 0.207 e. The molecule has 188 valence electrons. The minimum absolute atomic E-state index is 0.211. The summed E-state index contributed by atoms with van der Waals surface area (Å²) < 4.78 is 0. The lowest BCUT2D eigenvalue weighted by Crippen LogP contribution is -2.37. The summed E-state index contributed by atoms with van der Waals surface area (Å²) >= 11 is 0. The van der Waals surface area contributed by atoms with E-state index in [1.54, 1.807) is 0 Å². The fourth-order valence-corrected chi connectivity index (χ4v) is 4.42. The van der Waals surface area contributed by atoms with Crippen LogP contribution >= 0.6 is 0 Å². The van der Waals surface area contributed by atoms with E-state index in [9.17, 15) is 9.59 Å². The van der Waals surface area contributed by atoms with Crippen LogP contribution < -0.4 is 5.32 Å². The van der Waals surface area contributed by atoms with Crippen LogP contribution in [0.3, 0.4) is 0 Å². The Kier molecular flexibility index (Phi) is 22.2. The highest BCUT2D eigenvalue weighted by Crippen LogP contribution is 2.22. The first-order chi connectivity index (χ1) is 15.5. The van der Waals surface area contributed by atoms with Crippen molar-refractivity contribution in [3.05, 3.63) is 12.2 Å². The summed E-state index contributed by atoms with van der Waals surface area (Å²) in [5, 5.41) is 2.77. The summed E-state index contributed by atoms with van der Waals surface area (Å²) in [7, 11) is 0. The third kappa shape index (κ3) is 19.6. The van der Waals surface area contributed by atoms with Crippen LogP contribution in [0.15, 0.2) is 12.2 Å². The molecule has 0 radical (unpaired) electrons. The van der Waals surface area contributed by atoms with Crippen molar-refractivity contribution in [3.63, 3.8) is 0 Å². The first kappa shape index (κ1) is 30.9. The monoisotopic (exact) mass is 449 g/mol. The van der Waals surface area contributed by atoms with E-state index < -0.39 is 0 Å². The van der Waals surface area contributed by atoms with Crippen LogP contribution in [0.2, 0.25) is 0 Å². The molecule has 0 aromatic carbocycles. The molecule has 0 heterocycles. The Bertz CT molecular complexity index is 458. The highest BCUT2D eigenvalue weighted by atomic mass is 16.1. The van der Waals surface area contributed by atoms with Gasteiger partial charge in [0.15, 0.2) is 5.78 Å². The maximum Gasteiger partial charge on any atom is 0.207 e. The molecule has 0 aliphatic rings. The highest BCUT2D eigenvalue weighted by molar-refractivity contribution is 5.85. The summed E-state index contributed by atoms with van der Waals surface area (Å²) in [6, 6.07) is -0.323. The molecule has 0 aliphatic carbocycles. The maximum atomic E-state index is 12.9. The van der Waals surface area contributed by atoms with Gasteiger partial charge in [-0.1, -0.05) is 117 Å². The average Bonchev–Trinajstić information content (AvgIpc) is 2.76. The number of amides is 1. The van der Waals surface area contributed by atoms with Gasteiger partial charge in [0.2, 0.25) is 6.41 Å². The van der Waals surface area contributed by atoms with Gasteiger partial charge in [0, 0.05) is 6.42 Å². The third-order valence-electron chi connectivity index (χ3n) is 6.43. The summed E-state index contributed by atoms with van der Waals surface area (Å²) in [5.41, 5.74) is 0. The van der Waals surface area contributed by atoms with E-state index in [1.807, 2.05) is 0 Å². The van der Waals surface area contributed by atoms with Crippen LogP contribution in [-0.2, 0) is 9.59 Å². The molecule has 3 nitrogen and oxygen atoms in total. The van der Waals surface area contributed by atoms with Gasteiger partial charge in [-0.3, -0.25) is 9.59 Å². The first-order valence-electron chi connectivity index (χ1n) is 13.9. The molecular formula is C29H55NO2. The molecule has 0 spiro atoms. The van der Waals surface area contributed by atoms with E-state index in [2.05, 4.69) is 45.2 Å². The van der Waals surface area contributed by atoms with Crippen LogP contribution in [0.25, 0.3) is 0 Å². The molecule has 3 heteroatoms. The van der Waals surface area contributed by atoms with Gasteiger partial charge in [-0.25, -0.2) is 0 Å². The van der Waals surface area contributed by atoms with Gasteiger partial charge in [-0.05, 0) is 43.9 Å². The van der Waals surface area contributed by atoms with E-state index in [-0.39, 0.29) is 11.8 Å². The highest BCUT2D eigenvalue weighted by Gasteiger charge is 2.22. The number of ketones is 1. The van der Waals surface area contributed by atoms with E-state index in [1.165, 1.54) is 83.5 Å². The molecule has 0 bridgehead atoms. The predicted molar refractivity (Wildman–Crippen MR) is 140 cm³/mol. The van der Waals surface area contributed by atoms with Crippen molar-refractivity contribution in [2.24, 2.45) is 11.8 Å². The molecule has 0 rings (SSSR count). The van der Waals surface area contributed by atoms with Crippen LogP contribution in [0.4, 0.5) is 0 Å². The summed E-state index contributed by atoms with van der Waals surface area (Å²) in [5.74, 6) is 1.01. The number of unbranched alkanes of at least 4 members (excludes halogenated alkanes) is 12. The fraction of sp³-hybridized carbons (Fsp3) is 0.862. The van der Waals surface area contributed by atoms with Gasteiger partial charge in [-0.15, -0.1) is 0 Å². The van der Waals surface area contributed by atoms with Gasteiger partial charge >= 0.3 is 0 Å². The number of rotatable bonds is 24. The Labute approximate surface area is 200 Å². The van der Waals surface area contributed by atoms with Gasteiger partial charge < -0.3 is 5.32 Å². The topological polar surface area (TPSA) is 46.2 Å². The second kappa shape index (κ2) is 23.1. The molecule has 32 heavy (non-hydrogen) atoms. The van der Waals surface area contributed by atoms with Gasteiger partial charge in [-0.2, -0.15) is 0 Å². The average molecular weight is 450 g/mol. The molecule has 0 aromatic heterocycles. The molecule has 0 unspecified atom stereocenters. The van der Waals surface area contributed by atoms with E-state index in [0.717, 1.165) is 25.7 Å². The van der Waals surface area contributed by atoms with Crippen molar-refractivity contribution in [1.29, 1.82) is 0 Å². The van der Waals surface area contributed by atoms with Crippen LogP contribution in [0.5, 0.6) is 0 Å². The zero-order valence-electron chi connectivity index (χ0n) is 22.0. The maximum absolute atomic E-state index is 12.9. The summed E-state index contributed by atoms with van der Waals surface area (Å²) in [4.78, 5) is 23.9. The first-order valence-corrected chi connectivity index (χ1v) is 13.9. The number of hydrogen-bond acceptors (Lipinski definition) is 2. The predicted octanol–water partition coefficient (Wildman–Crippen LogP) is 8.56. The molecule has 0 aromatic rings. The quantitative estimate of drug-likeness (QED) is 0.0911. The summed E-state index contributed by atoms with van der Waals surface area (Å²) in [6.07, 6.45) is 27.1. The van der Waals surface area contributed by atoms with E-state index >= 15 is 0 Å². The standard InChI is InChI=1S/C29H55NO2/c1-5-7-9-11-13-14-16-18-20-22-27(21-19-17-15-12-10-8-6-2)24-29(32)28(30-25-31)23-26(3)4/h17,19,25-28H,5-16,18,20-24H2,1-4H3,(H,30,31)/b19-17+/t27-,28+/m1/s1. The zero-order chi connectivity index (χ0) is 23.9. The molecule has 0 aliphatic heterocycles. The number of nitrogens with one attached hydrogen (secondary N) is 1. The van der Waals surface area contributed by atoms with Crippen molar-refractivity contribution in [1.82, 2.24) is 5.32 Å². The van der Waals surface area contributed by atoms with Gasteiger partial charge in [0.05, 0.1) is 6.04 Å². The zero-order valence-corrected chi connectivity index (χ0v) is 22.0. The SMILES string of the molecule is CCCCCC/C=C/C[C@H](CCCCCCCCCCC)CC(=O)[C@H](CC(C)C)NC=O. The van der Waals surface area contributed by atoms with Crippen LogP contribution in [-0.4, -0.2) is 18.2 Å². The second-order valence-electron chi connectivity index (χ2n) is 10.2. The number of allylic oxidation sites excluding steroid dienone is 2. The molecule has 2 atom stereocenters. The summed E-state index contributed by atoms with van der Waals surface area (Å²) in [6.45, 7) is 8.72. The molecule has 0 saturated heterocycles. The van der Waals surface area contributed by atoms with Gasteiger partial charge in [0.1, 0.15) is 0 Å².